The molecule has 1 aromatic carbocycles. The second-order valence-corrected chi connectivity index (χ2v) is 6.22. The number of benzene rings is 1. The predicted molar refractivity (Wildman–Crippen MR) is 90.0 cm³/mol. The molecule has 1 fully saturated rings. The molecule has 23 heavy (non-hydrogen) atoms. The van der Waals surface area contributed by atoms with E-state index in [1.165, 1.54) is 0 Å². The number of hydrogen-bond donors (Lipinski definition) is 1. The van der Waals surface area contributed by atoms with E-state index in [0.717, 1.165) is 19.3 Å². The average molecular weight is 317 g/mol. The topological polar surface area (TPSA) is 55.4 Å². The van der Waals surface area contributed by atoms with Gasteiger partial charge in [-0.3, -0.25) is 9.59 Å². The standard InChI is InChI=1S/C19H27NO3/c1-4-13-12-14(5-2)17(16(13)19(22)23-6-3)20-18(21)15-10-8-7-9-11-15/h7-11,13-14,16-17H,4-6,12H2,1-3H3,(H,20,21)/t13-,14+,16+,17-/m1/s1. The summed E-state index contributed by atoms with van der Waals surface area (Å²) >= 11 is 0. The van der Waals surface area contributed by atoms with Gasteiger partial charge in [-0.15, -0.1) is 0 Å². The summed E-state index contributed by atoms with van der Waals surface area (Å²) in [5, 5.41) is 3.11. The van der Waals surface area contributed by atoms with Gasteiger partial charge in [0.2, 0.25) is 0 Å². The molecular formula is C19H27NO3. The summed E-state index contributed by atoms with van der Waals surface area (Å²) in [5.74, 6) is 0.0772. The maximum absolute atomic E-state index is 12.5. The molecule has 0 aromatic heterocycles. The third-order valence-corrected chi connectivity index (χ3v) is 4.95. The second kappa shape index (κ2) is 8.14. The number of carbonyl (C=O) groups excluding carboxylic acids is 2. The molecule has 1 saturated carbocycles. The lowest BCUT2D eigenvalue weighted by atomic mass is 9.90. The van der Waals surface area contributed by atoms with Crippen molar-refractivity contribution in [3.05, 3.63) is 35.9 Å². The lowest BCUT2D eigenvalue weighted by Crippen LogP contribution is -2.45. The van der Waals surface area contributed by atoms with Gasteiger partial charge in [0.15, 0.2) is 0 Å². The third-order valence-electron chi connectivity index (χ3n) is 4.95. The Kier molecular flexibility index (Phi) is 6.20. The van der Waals surface area contributed by atoms with Crippen LogP contribution in [-0.2, 0) is 9.53 Å². The molecule has 0 spiro atoms. The van der Waals surface area contributed by atoms with Gasteiger partial charge in [0, 0.05) is 11.6 Å². The van der Waals surface area contributed by atoms with E-state index in [-0.39, 0.29) is 29.8 Å². The van der Waals surface area contributed by atoms with Crippen LogP contribution < -0.4 is 5.32 Å². The SMILES string of the molecule is CCOC(=O)[C@H]1[C@H](CC)C[C@H](CC)[C@H]1NC(=O)c1ccccc1. The van der Waals surface area contributed by atoms with Gasteiger partial charge in [0.1, 0.15) is 0 Å². The average Bonchev–Trinajstić information content (AvgIpc) is 2.93. The molecule has 1 aliphatic rings. The number of rotatable bonds is 6. The summed E-state index contributed by atoms with van der Waals surface area (Å²) < 4.78 is 5.28. The lowest BCUT2D eigenvalue weighted by molar-refractivity contribution is -0.150. The van der Waals surface area contributed by atoms with Crippen molar-refractivity contribution < 1.29 is 14.3 Å². The third kappa shape index (κ3) is 3.92. The van der Waals surface area contributed by atoms with Crippen LogP contribution in [0.2, 0.25) is 0 Å². The molecule has 4 atom stereocenters. The van der Waals surface area contributed by atoms with Crippen molar-refractivity contribution in [1.82, 2.24) is 5.32 Å². The van der Waals surface area contributed by atoms with Gasteiger partial charge in [-0.1, -0.05) is 44.9 Å². The maximum Gasteiger partial charge on any atom is 0.311 e. The highest BCUT2D eigenvalue weighted by Crippen LogP contribution is 2.41. The van der Waals surface area contributed by atoms with Gasteiger partial charge in [-0.25, -0.2) is 0 Å². The van der Waals surface area contributed by atoms with E-state index < -0.39 is 0 Å². The minimum Gasteiger partial charge on any atom is -0.466 e. The number of nitrogens with one attached hydrogen (secondary N) is 1. The second-order valence-electron chi connectivity index (χ2n) is 6.22. The molecule has 126 valence electrons. The molecule has 4 nitrogen and oxygen atoms in total. The Bertz CT molecular complexity index is 529. The van der Waals surface area contributed by atoms with E-state index in [2.05, 4.69) is 19.2 Å². The number of carbonyl (C=O) groups is 2. The van der Waals surface area contributed by atoms with E-state index in [1.807, 2.05) is 25.1 Å². The molecule has 1 amide bonds. The lowest BCUT2D eigenvalue weighted by Gasteiger charge is -2.26. The van der Waals surface area contributed by atoms with Crippen molar-refractivity contribution in [2.75, 3.05) is 6.61 Å². The van der Waals surface area contributed by atoms with Crippen LogP contribution in [0.15, 0.2) is 30.3 Å². The van der Waals surface area contributed by atoms with Crippen molar-refractivity contribution in [2.45, 2.75) is 46.1 Å². The van der Waals surface area contributed by atoms with Crippen LogP contribution in [0.1, 0.15) is 50.4 Å². The number of amides is 1. The maximum atomic E-state index is 12.5. The van der Waals surface area contributed by atoms with E-state index in [9.17, 15) is 9.59 Å². The van der Waals surface area contributed by atoms with Gasteiger partial charge in [-0.05, 0) is 37.3 Å². The molecule has 0 unspecified atom stereocenters. The molecule has 4 heteroatoms. The zero-order valence-corrected chi connectivity index (χ0v) is 14.2. The Hall–Kier alpha value is -1.84. The Morgan fingerprint density at radius 1 is 1.09 bits per heavy atom. The van der Waals surface area contributed by atoms with Crippen LogP contribution in [0.4, 0.5) is 0 Å². The smallest absolute Gasteiger partial charge is 0.311 e. The number of ether oxygens (including phenoxy) is 1. The Labute approximate surface area is 138 Å². The Morgan fingerprint density at radius 3 is 2.30 bits per heavy atom. The highest BCUT2D eigenvalue weighted by molar-refractivity contribution is 5.94. The fourth-order valence-corrected chi connectivity index (χ4v) is 3.72. The largest absolute Gasteiger partial charge is 0.466 e. The van der Waals surface area contributed by atoms with Crippen LogP contribution in [0.5, 0.6) is 0 Å². The van der Waals surface area contributed by atoms with Crippen molar-refractivity contribution in [2.24, 2.45) is 17.8 Å². The quantitative estimate of drug-likeness (QED) is 0.818. The van der Waals surface area contributed by atoms with Crippen LogP contribution in [-0.4, -0.2) is 24.5 Å². The molecule has 0 aliphatic heterocycles. The van der Waals surface area contributed by atoms with E-state index in [1.54, 1.807) is 12.1 Å². The van der Waals surface area contributed by atoms with Gasteiger partial charge in [0.05, 0.1) is 12.5 Å². The highest BCUT2D eigenvalue weighted by atomic mass is 16.5. The molecule has 0 saturated heterocycles. The molecule has 0 heterocycles. The summed E-state index contributed by atoms with van der Waals surface area (Å²) in [6, 6.07) is 9.02. The number of esters is 1. The summed E-state index contributed by atoms with van der Waals surface area (Å²) in [5.41, 5.74) is 0.630. The van der Waals surface area contributed by atoms with Crippen LogP contribution in [0.25, 0.3) is 0 Å². The molecule has 0 radical (unpaired) electrons. The van der Waals surface area contributed by atoms with Gasteiger partial charge < -0.3 is 10.1 Å². The fourth-order valence-electron chi connectivity index (χ4n) is 3.72. The van der Waals surface area contributed by atoms with Gasteiger partial charge in [0.25, 0.3) is 5.91 Å². The van der Waals surface area contributed by atoms with E-state index in [4.69, 9.17) is 4.74 Å². The van der Waals surface area contributed by atoms with E-state index >= 15 is 0 Å². The zero-order valence-electron chi connectivity index (χ0n) is 14.2. The monoisotopic (exact) mass is 317 g/mol. The molecular weight excluding hydrogens is 290 g/mol. The predicted octanol–water partition coefficient (Wildman–Crippen LogP) is 3.42. The summed E-state index contributed by atoms with van der Waals surface area (Å²) in [4.78, 5) is 25.0. The minimum atomic E-state index is -0.238. The fraction of sp³-hybridized carbons (Fsp3) is 0.579. The summed E-state index contributed by atoms with van der Waals surface area (Å²) in [6.07, 6.45) is 2.85. The van der Waals surface area contributed by atoms with Crippen LogP contribution in [0.3, 0.4) is 0 Å². The van der Waals surface area contributed by atoms with Gasteiger partial charge in [-0.2, -0.15) is 0 Å². The zero-order chi connectivity index (χ0) is 16.8. The summed E-state index contributed by atoms with van der Waals surface area (Å²) in [7, 11) is 0. The molecule has 2 rings (SSSR count). The van der Waals surface area contributed by atoms with Crippen molar-refractivity contribution in [3.63, 3.8) is 0 Å². The molecule has 1 aromatic rings. The van der Waals surface area contributed by atoms with Crippen LogP contribution in [0, 0.1) is 17.8 Å². The summed E-state index contributed by atoms with van der Waals surface area (Å²) in [6.45, 7) is 6.42. The normalized spacial score (nSPS) is 26.7. The van der Waals surface area contributed by atoms with Crippen molar-refractivity contribution in [3.8, 4) is 0 Å². The first-order valence-electron chi connectivity index (χ1n) is 8.64. The Balaban J connectivity index is 2.20. The van der Waals surface area contributed by atoms with Gasteiger partial charge >= 0.3 is 5.97 Å². The Morgan fingerprint density at radius 2 is 1.74 bits per heavy atom. The van der Waals surface area contributed by atoms with Crippen LogP contribution >= 0.6 is 0 Å². The molecule has 1 N–H and O–H groups in total. The highest BCUT2D eigenvalue weighted by Gasteiger charge is 2.47. The minimum absolute atomic E-state index is 0.111. The first kappa shape index (κ1) is 17.5. The first-order valence-corrected chi connectivity index (χ1v) is 8.64. The van der Waals surface area contributed by atoms with Crippen molar-refractivity contribution >= 4 is 11.9 Å². The first-order chi connectivity index (χ1) is 11.1. The molecule has 1 aliphatic carbocycles. The van der Waals surface area contributed by atoms with E-state index in [0.29, 0.717) is 18.1 Å². The molecule has 0 bridgehead atoms. The number of hydrogen-bond acceptors (Lipinski definition) is 3. The van der Waals surface area contributed by atoms with Crippen molar-refractivity contribution in [1.29, 1.82) is 0 Å².